The van der Waals surface area contributed by atoms with E-state index in [4.69, 9.17) is 5.73 Å². The van der Waals surface area contributed by atoms with Gasteiger partial charge >= 0.3 is 0 Å². The number of rotatable bonds is 6. The highest BCUT2D eigenvalue weighted by Crippen LogP contribution is 2.19. The first-order valence-electron chi connectivity index (χ1n) is 5.87. The lowest BCUT2D eigenvalue weighted by Gasteiger charge is -2.31. The van der Waals surface area contributed by atoms with Gasteiger partial charge in [0.25, 0.3) is 0 Å². The molecule has 0 aromatic rings. The van der Waals surface area contributed by atoms with Crippen LogP contribution in [0.25, 0.3) is 0 Å². The fourth-order valence-electron chi connectivity index (χ4n) is 2.12. The first-order chi connectivity index (χ1) is 7.22. The Kier molecular flexibility index (Phi) is 5.65. The minimum atomic E-state index is -0.188. The van der Waals surface area contributed by atoms with Crippen molar-refractivity contribution in [3.63, 3.8) is 0 Å². The zero-order valence-electron chi connectivity index (χ0n) is 9.67. The SMILES string of the molecule is CNCCC1CCN(CCC(N)=O)CC1. The van der Waals surface area contributed by atoms with Crippen LogP contribution in [0.1, 0.15) is 25.7 Å². The number of hydrogen-bond acceptors (Lipinski definition) is 3. The van der Waals surface area contributed by atoms with Gasteiger partial charge in [0.15, 0.2) is 0 Å². The normalized spacial score (nSPS) is 19.3. The van der Waals surface area contributed by atoms with Crippen molar-refractivity contribution in [2.45, 2.75) is 25.7 Å². The van der Waals surface area contributed by atoms with E-state index >= 15 is 0 Å². The van der Waals surface area contributed by atoms with E-state index in [0.717, 1.165) is 32.1 Å². The summed E-state index contributed by atoms with van der Waals surface area (Å²) in [5.41, 5.74) is 5.13. The Hall–Kier alpha value is -0.610. The third kappa shape index (κ3) is 5.14. The number of primary amides is 1. The number of nitrogens with one attached hydrogen (secondary N) is 1. The standard InChI is InChI=1S/C11H23N3O/c1-13-6-2-10-3-7-14(8-4-10)9-5-11(12)15/h10,13H,2-9H2,1H3,(H2,12,15). The summed E-state index contributed by atoms with van der Waals surface area (Å²) in [7, 11) is 2.00. The molecule has 1 fully saturated rings. The van der Waals surface area contributed by atoms with Crippen molar-refractivity contribution >= 4 is 5.91 Å². The summed E-state index contributed by atoms with van der Waals surface area (Å²) >= 11 is 0. The number of carbonyl (C=O) groups excluding carboxylic acids is 1. The second-order valence-electron chi connectivity index (χ2n) is 4.39. The number of hydrogen-bond donors (Lipinski definition) is 2. The van der Waals surface area contributed by atoms with Crippen LogP contribution in [-0.2, 0) is 4.79 Å². The van der Waals surface area contributed by atoms with E-state index < -0.39 is 0 Å². The van der Waals surface area contributed by atoms with E-state index in [0.29, 0.717) is 6.42 Å². The van der Waals surface area contributed by atoms with Gasteiger partial charge in [-0.25, -0.2) is 0 Å². The summed E-state index contributed by atoms with van der Waals surface area (Å²) in [6.45, 7) is 4.21. The van der Waals surface area contributed by atoms with Gasteiger partial charge in [0.2, 0.25) is 5.91 Å². The maximum absolute atomic E-state index is 10.6. The first-order valence-corrected chi connectivity index (χ1v) is 5.87. The van der Waals surface area contributed by atoms with Crippen molar-refractivity contribution in [2.24, 2.45) is 11.7 Å². The largest absolute Gasteiger partial charge is 0.370 e. The van der Waals surface area contributed by atoms with Crippen molar-refractivity contribution in [2.75, 3.05) is 33.2 Å². The van der Waals surface area contributed by atoms with Crippen LogP contribution in [0.5, 0.6) is 0 Å². The van der Waals surface area contributed by atoms with Gasteiger partial charge in [-0.1, -0.05) is 0 Å². The van der Waals surface area contributed by atoms with Crippen LogP contribution >= 0.6 is 0 Å². The van der Waals surface area contributed by atoms with Crippen LogP contribution in [0.2, 0.25) is 0 Å². The average Bonchev–Trinajstić information content (AvgIpc) is 2.25. The Morgan fingerprint density at radius 2 is 2.13 bits per heavy atom. The molecular formula is C11H23N3O. The first kappa shape index (κ1) is 12.5. The zero-order valence-corrected chi connectivity index (χ0v) is 9.67. The molecule has 3 N–H and O–H groups in total. The van der Waals surface area contributed by atoms with Crippen LogP contribution < -0.4 is 11.1 Å². The lowest BCUT2D eigenvalue weighted by molar-refractivity contribution is -0.118. The van der Waals surface area contributed by atoms with Gasteiger partial charge in [-0.2, -0.15) is 0 Å². The highest BCUT2D eigenvalue weighted by Gasteiger charge is 2.18. The smallest absolute Gasteiger partial charge is 0.218 e. The monoisotopic (exact) mass is 213 g/mol. The Bertz CT molecular complexity index is 188. The van der Waals surface area contributed by atoms with Crippen LogP contribution in [0, 0.1) is 5.92 Å². The van der Waals surface area contributed by atoms with Crippen LogP contribution in [0.4, 0.5) is 0 Å². The molecule has 1 amide bonds. The molecule has 88 valence electrons. The van der Waals surface area contributed by atoms with Gasteiger partial charge < -0.3 is 16.0 Å². The Morgan fingerprint density at radius 1 is 1.47 bits per heavy atom. The molecule has 0 atom stereocenters. The van der Waals surface area contributed by atoms with E-state index in [1.54, 1.807) is 0 Å². The van der Waals surface area contributed by atoms with Crippen LogP contribution in [0.3, 0.4) is 0 Å². The molecule has 15 heavy (non-hydrogen) atoms. The highest BCUT2D eigenvalue weighted by molar-refractivity contribution is 5.73. The summed E-state index contributed by atoms with van der Waals surface area (Å²) in [4.78, 5) is 13.0. The number of nitrogens with two attached hydrogens (primary N) is 1. The molecule has 0 aliphatic carbocycles. The molecular weight excluding hydrogens is 190 g/mol. The van der Waals surface area contributed by atoms with Crippen molar-refractivity contribution in [3.05, 3.63) is 0 Å². The maximum atomic E-state index is 10.6. The van der Waals surface area contributed by atoms with E-state index in [2.05, 4.69) is 10.2 Å². The third-order valence-corrected chi connectivity index (χ3v) is 3.18. The summed E-state index contributed by atoms with van der Waals surface area (Å²) in [5, 5.41) is 3.19. The molecule has 1 aliphatic heterocycles. The molecule has 4 heteroatoms. The molecule has 0 spiro atoms. The van der Waals surface area contributed by atoms with Crippen LogP contribution in [-0.4, -0.2) is 44.0 Å². The molecule has 0 unspecified atom stereocenters. The number of likely N-dealkylation sites (tertiary alicyclic amines) is 1. The Labute approximate surface area is 92.2 Å². The highest BCUT2D eigenvalue weighted by atomic mass is 16.1. The molecule has 1 aliphatic rings. The minimum absolute atomic E-state index is 0.188. The number of nitrogens with zero attached hydrogens (tertiary/aromatic N) is 1. The van der Waals surface area contributed by atoms with E-state index in [9.17, 15) is 4.79 Å². The second-order valence-corrected chi connectivity index (χ2v) is 4.39. The molecule has 1 heterocycles. The van der Waals surface area contributed by atoms with Crippen molar-refractivity contribution < 1.29 is 4.79 Å². The van der Waals surface area contributed by atoms with Gasteiger partial charge in [0, 0.05) is 13.0 Å². The Balaban J connectivity index is 2.09. The minimum Gasteiger partial charge on any atom is -0.370 e. The van der Waals surface area contributed by atoms with E-state index in [-0.39, 0.29) is 5.91 Å². The average molecular weight is 213 g/mol. The fourth-order valence-corrected chi connectivity index (χ4v) is 2.12. The predicted molar refractivity (Wildman–Crippen MR) is 61.5 cm³/mol. The maximum Gasteiger partial charge on any atom is 0.218 e. The number of carbonyl (C=O) groups is 1. The van der Waals surface area contributed by atoms with Crippen LogP contribution in [0.15, 0.2) is 0 Å². The molecule has 1 saturated heterocycles. The summed E-state index contributed by atoms with van der Waals surface area (Å²) in [6.07, 6.45) is 4.31. The molecule has 1 rings (SSSR count). The molecule has 0 saturated carbocycles. The summed E-state index contributed by atoms with van der Waals surface area (Å²) in [5.74, 6) is 0.676. The summed E-state index contributed by atoms with van der Waals surface area (Å²) < 4.78 is 0. The number of amides is 1. The zero-order chi connectivity index (χ0) is 11.1. The summed E-state index contributed by atoms with van der Waals surface area (Å²) in [6, 6.07) is 0. The van der Waals surface area contributed by atoms with Gasteiger partial charge in [-0.15, -0.1) is 0 Å². The van der Waals surface area contributed by atoms with Gasteiger partial charge in [-0.3, -0.25) is 4.79 Å². The van der Waals surface area contributed by atoms with E-state index in [1.165, 1.54) is 19.3 Å². The topological polar surface area (TPSA) is 58.4 Å². The molecule has 0 aromatic carbocycles. The number of piperidine rings is 1. The third-order valence-electron chi connectivity index (χ3n) is 3.18. The molecule has 4 nitrogen and oxygen atoms in total. The predicted octanol–water partition coefficient (Wildman–Crippen LogP) is 0.183. The molecule has 0 aromatic heterocycles. The molecule has 0 radical (unpaired) electrons. The van der Waals surface area contributed by atoms with Crippen molar-refractivity contribution in [1.29, 1.82) is 0 Å². The molecule has 0 bridgehead atoms. The van der Waals surface area contributed by atoms with Crippen molar-refractivity contribution in [1.82, 2.24) is 10.2 Å². The van der Waals surface area contributed by atoms with Gasteiger partial charge in [0.1, 0.15) is 0 Å². The lowest BCUT2D eigenvalue weighted by Crippen LogP contribution is -2.36. The quantitative estimate of drug-likeness (QED) is 0.662. The van der Waals surface area contributed by atoms with Crippen molar-refractivity contribution in [3.8, 4) is 0 Å². The second kappa shape index (κ2) is 6.80. The lowest BCUT2D eigenvalue weighted by atomic mass is 9.93. The Morgan fingerprint density at radius 3 is 2.67 bits per heavy atom. The van der Waals surface area contributed by atoms with Gasteiger partial charge in [0.05, 0.1) is 0 Å². The fraction of sp³-hybridized carbons (Fsp3) is 0.909. The van der Waals surface area contributed by atoms with Gasteiger partial charge in [-0.05, 0) is 51.9 Å². The van der Waals surface area contributed by atoms with E-state index in [1.807, 2.05) is 7.05 Å².